The summed E-state index contributed by atoms with van der Waals surface area (Å²) < 4.78 is 5.60. The molecule has 1 aromatic rings. The Hall–Kier alpha value is -1.39. The molecule has 186 valence electrons. The van der Waals surface area contributed by atoms with Crippen molar-refractivity contribution in [2.24, 2.45) is 4.99 Å². The molecule has 0 spiro atoms. The van der Waals surface area contributed by atoms with E-state index in [0.29, 0.717) is 6.54 Å². The lowest BCUT2D eigenvalue weighted by Gasteiger charge is -2.48. The van der Waals surface area contributed by atoms with Gasteiger partial charge in [0.1, 0.15) is 0 Å². The molecule has 1 aliphatic carbocycles. The summed E-state index contributed by atoms with van der Waals surface area (Å²) in [7, 11) is 1.82. The molecule has 0 radical (unpaired) electrons. The second-order valence-electron chi connectivity index (χ2n) is 8.84. The first kappa shape index (κ1) is 27.9. The van der Waals surface area contributed by atoms with E-state index in [1.165, 1.54) is 32.1 Å². The predicted molar refractivity (Wildman–Crippen MR) is 146 cm³/mol. The van der Waals surface area contributed by atoms with E-state index in [0.717, 1.165) is 63.0 Å². The molecule has 1 aromatic carbocycles. The van der Waals surface area contributed by atoms with Gasteiger partial charge in [-0.2, -0.15) is 0 Å². The first-order valence-corrected chi connectivity index (χ1v) is 12.3. The molecule has 1 aliphatic heterocycles. The lowest BCUT2D eigenvalue weighted by atomic mass is 9.80. The molecular formula is C25H42IN5O2. The minimum atomic E-state index is 0. The second kappa shape index (κ2) is 14.1. The highest BCUT2D eigenvalue weighted by atomic mass is 127. The van der Waals surface area contributed by atoms with Crippen LogP contribution in [0.1, 0.15) is 61.9 Å². The van der Waals surface area contributed by atoms with Crippen molar-refractivity contribution in [3.8, 4) is 0 Å². The minimum Gasteiger partial charge on any atom is -0.379 e. The van der Waals surface area contributed by atoms with Gasteiger partial charge in [-0.15, -0.1) is 24.0 Å². The number of morpholine rings is 1. The first-order valence-electron chi connectivity index (χ1n) is 12.3. The molecule has 1 saturated carbocycles. The highest BCUT2D eigenvalue weighted by Crippen LogP contribution is 2.33. The van der Waals surface area contributed by atoms with Crippen LogP contribution in [-0.4, -0.2) is 80.2 Å². The zero-order chi connectivity index (χ0) is 22.8. The summed E-state index contributed by atoms with van der Waals surface area (Å²) in [6.07, 6.45) is 6.40. The number of guanidine groups is 1. The maximum absolute atomic E-state index is 12.5. The molecule has 0 bridgehead atoms. The van der Waals surface area contributed by atoms with Crippen LogP contribution >= 0.6 is 24.0 Å². The summed E-state index contributed by atoms with van der Waals surface area (Å²) in [5.74, 6) is 0.916. The van der Waals surface area contributed by atoms with Crippen LogP contribution in [-0.2, 0) is 11.3 Å². The Morgan fingerprint density at radius 2 is 1.70 bits per heavy atom. The van der Waals surface area contributed by atoms with Crippen molar-refractivity contribution in [2.45, 2.75) is 58.0 Å². The number of halogens is 1. The molecule has 2 fully saturated rings. The molecule has 0 aromatic heterocycles. The van der Waals surface area contributed by atoms with Gasteiger partial charge in [-0.3, -0.25) is 14.7 Å². The van der Waals surface area contributed by atoms with Gasteiger partial charge in [0.2, 0.25) is 0 Å². The summed E-state index contributed by atoms with van der Waals surface area (Å²) in [4.78, 5) is 21.4. The first-order chi connectivity index (χ1) is 15.6. The van der Waals surface area contributed by atoms with E-state index in [9.17, 15) is 4.79 Å². The number of carbonyl (C=O) groups is 1. The Balaban J connectivity index is 0.00000385. The fourth-order valence-corrected chi connectivity index (χ4v) is 4.97. The topological polar surface area (TPSA) is 69.2 Å². The summed E-state index contributed by atoms with van der Waals surface area (Å²) in [5, 5.41) is 7.04. The molecule has 33 heavy (non-hydrogen) atoms. The molecule has 1 heterocycles. The molecular weight excluding hydrogens is 529 g/mol. The van der Waals surface area contributed by atoms with Crippen molar-refractivity contribution >= 4 is 35.8 Å². The lowest BCUT2D eigenvalue weighted by Crippen LogP contribution is -2.60. The van der Waals surface area contributed by atoms with E-state index in [1.54, 1.807) is 0 Å². The van der Waals surface area contributed by atoms with Crippen LogP contribution in [0, 0.1) is 0 Å². The molecule has 1 saturated heterocycles. The van der Waals surface area contributed by atoms with Crippen molar-refractivity contribution in [1.29, 1.82) is 0 Å². The monoisotopic (exact) mass is 571 g/mol. The molecule has 2 aliphatic rings. The molecule has 2 N–H and O–H groups in total. The van der Waals surface area contributed by atoms with E-state index < -0.39 is 0 Å². The van der Waals surface area contributed by atoms with Crippen LogP contribution < -0.4 is 10.6 Å². The zero-order valence-electron chi connectivity index (χ0n) is 20.6. The Labute approximate surface area is 216 Å². The number of hydrogen-bond acceptors (Lipinski definition) is 4. The van der Waals surface area contributed by atoms with Crippen molar-refractivity contribution in [3.05, 3.63) is 35.4 Å². The van der Waals surface area contributed by atoms with Crippen LogP contribution in [0.4, 0.5) is 0 Å². The van der Waals surface area contributed by atoms with Crippen LogP contribution in [0.15, 0.2) is 29.3 Å². The Bertz CT molecular complexity index is 740. The third-order valence-corrected chi connectivity index (χ3v) is 6.99. The normalized spacial score (nSPS) is 18.8. The summed E-state index contributed by atoms with van der Waals surface area (Å²) in [5.41, 5.74) is 2.07. The second-order valence-corrected chi connectivity index (χ2v) is 8.84. The number of nitrogens with zero attached hydrogens (tertiary/aromatic N) is 3. The van der Waals surface area contributed by atoms with Gasteiger partial charge < -0.3 is 20.3 Å². The van der Waals surface area contributed by atoms with Crippen LogP contribution in [0.5, 0.6) is 0 Å². The van der Waals surface area contributed by atoms with Crippen molar-refractivity contribution in [2.75, 3.05) is 53.0 Å². The SMILES string of the molecule is CCN(CC)C(=O)c1ccc(CNC(=NC)NCC2(N3CCOCC3)CCCCC2)cc1.I. The van der Waals surface area contributed by atoms with Crippen molar-refractivity contribution in [1.82, 2.24) is 20.4 Å². The molecule has 8 heteroatoms. The maximum Gasteiger partial charge on any atom is 0.253 e. The number of amides is 1. The van der Waals surface area contributed by atoms with Crippen LogP contribution in [0.2, 0.25) is 0 Å². The van der Waals surface area contributed by atoms with Crippen LogP contribution in [0.25, 0.3) is 0 Å². The van der Waals surface area contributed by atoms with Crippen molar-refractivity contribution in [3.63, 3.8) is 0 Å². The summed E-state index contributed by atoms with van der Waals surface area (Å²) in [6, 6.07) is 7.88. The van der Waals surface area contributed by atoms with Gasteiger partial charge in [-0.05, 0) is 44.4 Å². The van der Waals surface area contributed by atoms with Gasteiger partial charge in [0.05, 0.1) is 13.2 Å². The average molecular weight is 572 g/mol. The smallest absolute Gasteiger partial charge is 0.253 e. The third kappa shape index (κ3) is 7.55. The molecule has 1 amide bonds. The highest BCUT2D eigenvalue weighted by Gasteiger charge is 2.38. The lowest BCUT2D eigenvalue weighted by molar-refractivity contribution is -0.0352. The van der Waals surface area contributed by atoms with E-state index in [2.05, 4.69) is 20.5 Å². The van der Waals surface area contributed by atoms with E-state index >= 15 is 0 Å². The quantitative estimate of drug-likeness (QED) is 0.284. The van der Waals surface area contributed by atoms with Gasteiger partial charge >= 0.3 is 0 Å². The summed E-state index contributed by atoms with van der Waals surface area (Å²) >= 11 is 0. The zero-order valence-corrected chi connectivity index (χ0v) is 22.9. The van der Waals surface area contributed by atoms with Gasteiger partial charge in [0, 0.05) is 57.4 Å². The highest BCUT2D eigenvalue weighted by molar-refractivity contribution is 14.0. The molecule has 3 rings (SSSR count). The molecule has 0 unspecified atom stereocenters. The number of nitrogens with one attached hydrogen (secondary N) is 2. The number of carbonyl (C=O) groups excluding carboxylic acids is 1. The minimum absolute atomic E-state index is 0. The Morgan fingerprint density at radius 1 is 1.06 bits per heavy atom. The maximum atomic E-state index is 12.5. The Kier molecular flexibility index (Phi) is 11.9. The average Bonchev–Trinajstić information content (AvgIpc) is 2.86. The van der Waals surface area contributed by atoms with Gasteiger partial charge in [0.25, 0.3) is 5.91 Å². The number of aliphatic imine (C=N–C) groups is 1. The van der Waals surface area contributed by atoms with Crippen LogP contribution in [0.3, 0.4) is 0 Å². The third-order valence-electron chi connectivity index (χ3n) is 6.99. The standard InChI is InChI=1S/C25H41N5O2.HI/c1-4-29(5-2)23(31)22-11-9-21(10-12-22)19-27-24(26-3)28-20-25(13-7-6-8-14-25)30-15-17-32-18-16-30;/h9-12H,4-8,13-20H2,1-3H3,(H2,26,27,28);1H. The fraction of sp³-hybridized carbons (Fsp3) is 0.680. The van der Waals surface area contributed by atoms with E-state index in [-0.39, 0.29) is 35.4 Å². The summed E-state index contributed by atoms with van der Waals surface area (Å²) in [6.45, 7) is 10.8. The molecule has 0 atom stereocenters. The largest absolute Gasteiger partial charge is 0.379 e. The number of ether oxygens (including phenoxy) is 1. The molecule has 7 nitrogen and oxygen atoms in total. The predicted octanol–water partition coefficient (Wildman–Crippen LogP) is 3.49. The number of rotatable bonds is 8. The number of hydrogen-bond donors (Lipinski definition) is 2. The van der Waals surface area contributed by atoms with E-state index in [1.807, 2.05) is 50.1 Å². The number of benzene rings is 1. The van der Waals surface area contributed by atoms with Gasteiger partial charge in [0.15, 0.2) is 5.96 Å². The fourth-order valence-electron chi connectivity index (χ4n) is 4.97. The van der Waals surface area contributed by atoms with Gasteiger partial charge in [-0.1, -0.05) is 31.4 Å². The van der Waals surface area contributed by atoms with E-state index in [4.69, 9.17) is 4.74 Å². The van der Waals surface area contributed by atoms with Crippen molar-refractivity contribution < 1.29 is 9.53 Å². The Morgan fingerprint density at radius 3 is 2.27 bits per heavy atom. The van der Waals surface area contributed by atoms with Gasteiger partial charge in [-0.25, -0.2) is 0 Å².